The van der Waals surface area contributed by atoms with E-state index < -0.39 is 5.97 Å². The first-order valence-corrected chi connectivity index (χ1v) is 8.86. The van der Waals surface area contributed by atoms with E-state index in [4.69, 9.17) is 9.84 Å². The lowest BCUT2D eigenvalue weighted by Crippen LogP contribution is -2.07. The molecule has 0 saturated carbocycles. The van der Waals surface area contributed by atoms with Crippen molar-refractivity contribution in [3.05, 3.63) is 44.0 Å². The van der Waals surface area contributed by atoms with Crippen molar-refractivity contribution < 1.29 is 19.4 Å². The molecule has 24 heavy (non-hydrogen) atoms. The molecule has 0 aliphatic carbocycles. The number of halogens is 1. The van der Waals surface area contributed by atoms with Gasteiger partial charge in [-0.3, -0.25) is 10.2 Å². The molecule has 0 saturated heterocycles. The van der Waals surface area contributed by atoms with Gasteiger partial charge in [0.2, 0.25) is 5.13 Å². The Morgan fingerprint density at radius 1 is 1.46 bits per heavy atom. The molecule has 0 unspecified atom stereocenters. The lowest BCUT2D eigenvalue weighted by atomic mass is 10.1. The summed E-state index contributed by atoms with van der Waals surface area (Å²) < 4.78 is 5.67. The van der Waals surface area contributed by atoms with Gasteiger partial charge in [-0.15, -0.1) is 11.3 Å². The number of carbonyl (C=O) groups excluding carboxylic acids is 1. The van der Waals surface area contributed by atoms with Crippen LogP contribution >= 0.6 is 33.9 Å². The summed E-state index contributed by atoms with van der Waals surface area (Å²) in [6, 6.07) is 4.92. The predicted octanol–water partition coefficient (Wildman–Crippen LogP) is 3.00. The number of carboxylic acid groups (broad SMARTS) is 1. The molecule has 0 atom stereocenters. The first kappa shape index (κ1) is 18.3. The number of aromatic nitrogens is 1. The molecule has 0 bridgehead atoms. The Morgan fingerprint density at radius 2 is 2.25 bits per heavy atom. The van der Waals surface area contributed by atoms with Gasteiger partial charge in [0, 0.05) is 8.95 Å². The van der Waals surface area contributed by atoms with Gasteiger partial charge in [-0.2, -0.15) is 5.10 Å². The summed E-state index contributed by atoms with van der Waals surface area (Å²) in [6.07, 6.45) is 1.63. The molecule has 0 aliphatic rings. The summed E-state index contributed by atoms with van der Waals surface area (Å²) in [7, 11) is 0. The van der Waals surface area contributed by atoms with Crippen LogP contribution in [-0.2, 0) is 16.0 Å². The molecule has 0 amide bonds. The summed E-state index contributed by atoms with van der Waals surface area (Å²) in [4.78, 5) is 26.6. The van der Waals surface area contributed by atoms with Crippen LogP contribution in [0.5, 0.6) is 0 Å². The lowest BCUT2D eigenvalue weighted by molar-refractivity contribution is -0.142. The molecule has 7 nitrogen and oxygen atoms in total. The highest BCUT2D eigenvalue weighted by molar-refractivity contribution is 14.1. The second kappa shape index (κ2) is 8.73. The number of nitrogens with one attached hydrogen (secondary N) is 1. The maximum Gasteiger partial charge on any atom is 0.335 e. The Bertz CT molecular complexity index is 776. The first-order valence-electron chi connectivity index (χ1n) is 6.91. The van der Waals surface area contributed by atoms with E-state index in [1.807, 2.05) is 28.7 Å². The van der Waals surface area contributed by atoms with Crippen molar-refractivity contribution in [3.63, 3.8) is 0 Å². The zero-order valence-electron chi connectivity index (χ0n) is 12.7. The second-order valence-corrected chi connectivity index (χ2v) is 6.68. The van der Waals surface area contributed by atoms with Gasteiger partial charge in [0.15, 0.2) is 0 Å². The Balaban J connectivity index is 1.98. The molecular weight excluding hydrogens is 445 g/mol. The highest BCUT2D eigenvalue weighted by Gasteiger charge is 2.08. The van der Waals surface area contributed by atoms with E-state index in [1.54, 1.807) is 18.4 Å². The largest absolute Gasteiger partial charge is 0.478 e. The number of hydrogen-bond donors (Lipinski definition) is 2. The van der Waals surface area contributed by atoms with E-state index in [0.717, 1.165) is 3.57 Å². The van der Waals surface area contributed by atoms with Crippen molar-refractivity contribution in [1.82, 2.24) is 4.98 Å². The summed E-state index contributed by atoms with van der Waals surface area (Å²) in [6.45, 7) is 2.09. The Labute approximate surface area is 155 Å². The Hall–Kier alpha value is -2.01. The monoisotopic (exact) mass is 459 g/mol. The van der Waals surface area contributed by atoms with Gasteiger partial charge < -0.3 is 9.84 Å². The number of ether oxygens (including phenoxy) is 1. The van der Waals surface area contributed by atoms with Crippen LogP contribution in [0.4, 0.5) is 5.13 Å². The number of nitrogens with zero attached hydrogens (tertiary/aromatic N) is 2. The van der Waals surface area contributed by atoms with Gasteiger partial charge in [0.1, 0.15) is 0 Å². The van der Waals surface area contributed by atoms with Crippen molar-refractivity contribution in [3.8, 4) is 0 Å². The number of aromatic carboxylic acids is 1. The molecule has 2 aromatic rings. The van der Waals surface area contributed by atoms with Crippen molar-refractivity contribution >= 4 is 57.2 Å². The second-order valence-electron chi connectivity index (χ2n) is 4.57. The maximum atomic E-state index is 11.4. The van der Waals surface area contributed by atoms with Crippen LogP contribution in [0, 0.1) is 3.57 Å². The normalized spacial score (nSPS) is 10.8. The number of esters is 1. The smallest absolute Gasteiger partial charge is 0.335 e. The number of carboxylic acids is 1. The van der Waals surface area contributed by atoms with Crippen LogP contribution in [0.25, 0.3) is 0 Å². The molecule has 9 heteroatoms. The third kappa shape index (κ3) is 5.57. The number of hydrogen-bond acceptors (Lipinski definition) is 7. The zero-order chi connectivity index (χ0) is 17.5. The number of anilines is 1. The van der Waals surface area contributed by atoms with Crippen LogP contribution in [0.3, 0.4) is 0 Å². The third-order valence-corrected chi connectivity index (χ3v) is 4.14. The molecule has 0 aliphatic heterocycles. The van der Waals surface area contributed by atoms with E-state index in [2.05, 4.69) is 15.5 Å². The molecule has 2 N–H and O–H groups in total. The Morgan fingerprint density at radius 3 is 2.96 bits per heavy atom. The molecule has 0 radical (unpaired) electrons. The van der Waals surface area contributed by atoms with Crippen molar-refractivity contribution in [2.45, 2.75) is 13.3 Å². The maximum absolute atomic E-state index is 11.4. The lowest BCUT2D eigenvalue weighted by Gasteiger charge is -2.00. The summed E-state index contributed by atoms with van der Waals surface area (Å²) in [5, 5.41) is 15.4. The van der Waals surface area contributed by atoms with Gasteiger partial charge in [-0.05, 0) is 53.3 Å². The minimum Gasteiger partial charge on any atom is -0.478 e. The summed E-state index contributed by atoms with van der Waals surface area (Å²) >= 11 is 3.37. The standard InChI is InChI=1S/C15H14IN3O4S/c1-2-23-13(20)6-12-8-24-15(18-12)19-17-7-9-3-10(14(21)22)5-11(16)4-9/h3-5,7-8H,2,6H2,1H3,(H,18,19)(H,21,22). The fourth-order valence-corrected chi connectivity index (χ4v) is 3.13. The van der Waals surface area contributed by atoms with Crippen molar-refractivity contribution in [2.75, 3.05) is 12.0 Å². The molecule has 2 rings (SSSR count). The molecular formula is C15H14IN3O4S. The minimum atomic E-state index is -0.986. The average molecular weight is 459 g/mol. The van der Waals surface area contributed by atoms with Gasteiger partial charge in [0.25, 0.3) is 0 Å². The van der Waals surface area contributed by atoms with Gasteiger partial charge in [-0.1, -0.05) is 0 Å². The average Bonchev–Trinajstić information content (AvgIpc) is 2.94. The molecule has 126 valence electrons. The van der Waals surface area contributed by atoms with Crippen LogP contribution in [-0.4, -0.2) is 34.9 Å². The Kier molecular flexibility index (Phi) is 6.67. The highest BCUT2D eigenvalue weighted by Crippen LogP contribution is 2.16. The topological polar surface area (TPSA) is 101 Å². The summed E-state index contributed by atoms with van der Waals surface area (Å²) in [5.74, 6) is -1.31. The van der Waals surface area contributed by atoms with Crippen LogP contribution in [0.15, 0.2) is 28.7 Å². The fraction of sp³-hybridized carbons (Fsp3) is 0.200. The molecule has 1 aromatic heterocycles. The van der Waals surface area contributed by atoms with E-state index in [1.165, 1.54) is 23.6 Å². The van der Waals surface area contributed by atoms with E-state index >= 15 is 0 Å². The van der Waals surface area contributed by atoms with Gasteiger partial charge >= 0.3 is 11.9 Å². The van der Waals surface area contributed by atoms with Crippen molar-refractivity contribution in [2.24, 2.45) is 5.10 Å². The van der Waals surface area contributed by atoms with Crippen LogP contribution in [0.2, 0.25) is 0 Å². The highest BCUT2D eigenvalue weighted by atomic mass is 127. The van der Waals surface area contributed by atoms with Gasteiger partial charge in [0.05, 0.1) is 30.5 Å². The zero-order valence-corrected chi connectivity index (χ0v) is 15.6. The first-order chi connectivity index (χ1) is 11.5. The van der Waals surface area contributed by atoms with E-state index in [0.29, 0.717) is 23.0 Å². The van der Waals surface area contributed by atoms with Gasteiger partial charge in [-0.25, -0.2) is 9.78 Å². The molecule has 1 aromatic carbocycles. The number of thiazole rings is 1. The summed E-state index contributed by atoms with van der Waals surface area (Å²) in [5.41, 5.74) is 4.24. The van der Waals surface area contributed by atoms with Crippen LogP contribution < -0.4 is 5.43 Å². The van der Waals surface area contributed by atoms with Crippen molar-refractivity contribution in [1.29, 1.82) is 0 Å². The SMILES string of the molecule is CCOC(=O)Cc1csc(NN=Cc2cc(I)cc(C(=O)O)c2)n1. The quantitative estimate of drug-likeness (QED) is 0.286. The number of benzene rings is 1. The third-order valence-electron chi connectivity index (χ3n) is 2.72. The predicted molar refractivity (Wildman–Crippen MR) is 99.8 cm³/mol. The molecule has 0 spiro atoms. The molecule has 0 fully saturated rings. The number of rotatable bonds is 7. The fourth-order valence-electron chi connectivity index (χ4n) is 1.77. The minimum absolute atomic E-state index is 0.120. The number of carbonyl (C=O) groups is 2. The van der Waals surface area contributed by atoms with E-state index in [9.17, 15) is 9.59 Å². The van der Waals surface area contributed by atoms with E-state index in [-0.39, 0.29) is 18.0 Å². The van der Waals surface area contributed by atoms with Crippen LogP contribution in [0.1, 0.15) is 28.5 Å². The molecule has 1 heterocycles. The number of hydrazone groups is 1.